The van der Waals surface area contributed by atoms with E-state index in [1.807, 2.05) is 0 Å². The maximum atomic E-state index is 12.1. The summed E-state index contributed by atoms with van der Waals surface area (Å²) in [5.41, 5.74) is 11.8. The molecular weight excluding hydrogens is 232 g/mol. The number of likely N-dealkylation sites (tertiary alicyclic amines) is 1. The van der Waals surface area contributed by atoms with Crippen LogP contribution in [0.4, 0.5) is 5.69 Å². The van der Waals surface area contributed by atoms with Crippen molar-refractivity contribution in [2.24, 2.45) is 11.7 Å². The van der Waals surface area contributed by atoms with Crippen LogP contribution in [0.25, 0.3) is 0 Å². The lowest BCUT2D eigenvalue weighted by atomic mass is 9.93. The van der Waals surface area contributed by atoms with E-state index in [0.717, 1.165) is 12.8 Å². The molecule has 1 aliphatic heterocycles. The summed E-state index contributed by atoms with van der Waals surface area (Å²) >= 11 is 0. The number of nitrogens with one attached hydrogen (secondary N) is 1. The number of amides is 2. The van der Waals surface area contributed by atoms with Crippen molar-refractivity contribution >= 4 is 17.5 Å². The number of aromatic amines is 1. The molecule has 2 amide bonds. The Morgan fingerprint density at radius 3 is 2.56 bits per heavy atom. The van der Waals surface area contributed by atoms with Crippen molar-refractivity contribution in [1.29, 1.82) is 0 Å². The highest BCUT2D eigenvalue weighted by molar-refractivity contribution is 5.93. The van der Waals surface area contributed by atoms with Gasteiger partial charge in [-0.3, -0.25) is 9.59 Å². The highest BCUT2D eigenvalue weighted by Gasteiger charge is 2.25. The molecule has 0 unspecified atom stereocenters. The van der Waals surface area contributed by atoms with Crippen molar-refractivity contribution in [2.45, 2.75) is 19.3 Å². The zero-order valence-electron chi connectivity index (χ0n) is 10.2. The summed E-state index contributed by atoms with van der Waals surface area (Å²) in [6, 6.07) is 1.64. The number of H-pyrrole nitrogens is 1. The normalized spacial score (nSPS) is 16.8. The van der Waals surface area contributed by atoms with Crippen LogP contribution in [-0.4, -0.2) is 34.8 Å². The number of piperidine rings is 1. The zero-order valence-corrected chi connectivity index (χ0v) is 10.2. The first kappa shape index (κ1) is 12.5. The van der Waals surface area contributed by atoms with Gasteiger partial charge in [0.05, 0.1) is 0 Å². The molecule has 1 aromatic rings. The molecule has 98 valence electrons. The summed E-state index contributed by atoms with van der Waals surface area (Å²) in [4.78, 5) is 27.6. The van der Waals surface area contributed by atoms with Crippen LogP contribution in [0, 0.1) is 5.92 Å². The van der Waals surface area contributed by atoms with E-state index in [0.29, 0.717) is 36.8 Å². The smallest absolute Gasteiger partial charge is 0.270 e. The number of rotatable bonds is 3. The van der Waals surface area contributed by atoms with Crippen LogP contribution in [-0.2, 0) is 4.79 Å². The molecule has 0 atom stereocenters. The number of nitrogens with two attached hydrogens (primary N) is 2. The van der Waals surface area contributed by atoms with Crippen LogP contribution in [0.15, 0.2) is 12.3 Å². The number of anilines is 1. The summed E-state index contributed by atoms with van der Waals surface area (Å²) in [7, 11) is 0. The SMILES string of the molecule is NC(=O)CC1CCN(C(=O)c2cc(N)c[nH]2)CC1. The van der Waals surface area contributed by atoms with E-state index in [9.17, 15) is 9.59 Å². The number of hydrogen-bond acceptors (Lipinski definition) is 3. The summed E-state index contributed by atoms with van der Waals surface area (Å²) in [6.45, 7) is 1.32. The Morgan fingerprint density at radius 2 is 2.06 bits per heavy atom. The van der Waals surface area contributed by atoms with E-state index in [1.165, 1.54) is 0 Å². The van der Waals surface area contributed by atoms with Crippen LogP contribution in [0.5, 0.6) is 0 Å². The molecule has 1 fully saturated rings. The van der Waals surface area contributed by atoms with Gasteiger partial charge in [0.15, 0.2) is 0 Å². The molecule has 18 heavy (non-hydrogen) atoms. The molecular formula is C12H18N4O2. The minimum Gasteiger partial charge on any atom is -0.397 e. The fourth-order valence-corrected chi connectivity index (χ4v) is 2.33. The molecule has 1 aromatic heterocycles. The van der Waals surface area contributed by atoms with Crippen molar-refractivity contribution in [3.63, 3.8) is 0 Å². The molecule has 5 N–H and O–H groups in total. The van der Waals surface area contributed by atoms with E-state index < -0.39 is 0 Å². The fourth-order valence-electron chi connectivity index (χ4n) is 2.33. The number of hydrogen-bond donors (Lipinski definition) is 3. The van der Waals surface area contributed by atoms with Crippen LogP contribution >= 0.6 is 0 Å². The van der Waals surface area contributed by atoms with E-state index in [1.54, 1.807) is 17.2 Å². The topological polar surface area (TPSA) is 105 Å². The van der Waals surface area contributed by atoms with E-state index in [2.05, 4.69) is 4.98 Å². The van der Waals surface area contributed by atoms with Gasteiger partial charge in [-0.2, -0.15) is 0 Å². The molecule has 2 rings (SSSR count). The Morgan fingerprint density at radius 1 is 1.39 bits per heavy atom. The molecule has 1 aliphatic rings. The van der Waals surface area contributed by atoms with E-state index in [4.69, 9.17) is 11.5 Å². The Bertz CT molecular complexity index is 447. The Kier molecular flexibility index (Phi) is 3.55. The third-order valence-corrected chi connectivity index (χ3v) is 3.33. The summed E-state index contributed by atoms with van der Waals surface area (Å²) < 4.78 is 0. The van der Waals surface area contributed by atoms with Gasteiger partial charge in [-0.1, -0.05) is 0 Å². The summed E-state index contributed by atoms with van der Waals surface area (Å²) in [5, 5.41) is 0. The zero-order chi connectivity index (χ0) is 13.1. The number of nitrogens with zero attached hydrogens (tertiary/aromatic N) is 1. The number of aromatic nitrogens is 1. The summed E-state index contributed by atoms with van der Waals surface area (Å²) in [5.74, 6) is 0.00130. The number of primary amides is 1. The van der Waals surface area contributed by atoms with Gasteiger partial charge in [0, 0.05) is 31.4 Å². The Labute approximate surface area is 105 Å². The van der Waals surface area contributed by atoms with E-state index in [-0.39, 0.29) is 11.8 Å². The minimum absolute atomic E-state index is 0.0378. The lowest BCUT2D eigenvalue weighted by molar-refractivity contribution is -0.119. The van der Waals surface area contributed by atoms with Crippen LogP contribution in [0.1, 0.15) is 29.8 Å². The number of carbonyl (C=O) groups is 2. The van der Waals surface area contributed by atoms with Gasteiger partial charge in [-0.05, 0) is 24.8 Å². The second-order valence-electron chi connectivity index (χ2n) is 4.75. The molecule has 0 saturated carbocycles. The molecule has 0 aromatic carbocycles. The first-order chi connectivity index (χ1) is 8.56. The second kappa shape index (κ2) is 5.12. The third kappa shape index (κ3) is 2.82. The van der Waals surface area contributed by atoms with Gasteiger partial charge < -0.3 is 21.4 Å². The number of carbonyl (C=O) groups excluding carboxylic acids is 2. The lowest BCUT2D eigenvalue weighted by Gasteiger charge is -2.31. The molecule has 6 heteroatoms. The third-order valence-electron chi connectivity index (χ3n) is 3.33. The van der Waals surface area contributed by atoms with Gasteiger partial charge in [0.25, 0.3) is 5.91 Å². The molecule has 6 nitrogen and oxygen atoms in total. The average Bonchev–Trinajstić information content (AvgIpc) is 2.75. The molecule has 0 radical (unpaired) electrons. The van der Waals surface area contributed by atoms with Crippen molar-refractivity contribution in [3.05, 3.63) is 18.0 Å². The van der Waals surface area contributed by atoms with Gasteiger partial charge in [0.1, 0.15) is 5.69 Å². The van der Waals surface area contributed by atoms with Crippen LogP contribution in [0.3, 0.4) is 0 Å². The predicted octanol–water partition coefficient (Wildman–Crippen LogP) is 0.324. The van der Waals surface area contributed by atoms with Crippen molar-refractivity contribution in [1.82, 2.24) is 9.88 Å². The highest BCUT2D eigenvalue weighted by atomic mass is 16.2. The standard InChI is InChI=1S/C12H18N4O2/c13-9-6-10(15-7-9)12(18)16-3-1-8(2-4-16)5-11(14)17/h6-8,15H,1-5,13H2,(H2,14,17). The first-order valence-electron chi connectivity index (χ1n) is 6.07. The molecule has 0 aliphatic carbocycles. The Hall–Kier alpha value is -1.98. The van der Waals surface area contributed by atoms with Gasteiger partial charge >= 0.3 is 0 Å². The fraction of sp³-hybridized carbons (Fsp3) is 0.500. The monoisotopic (exact) mass is 250 g/mol. The highest BCUT2D eigenvalue weighted by Crippen LogP contribution is 2.21. The van der Waals surface area contributed by atoms with Crippen molar-refractivity contribution in [3.8, 4) is 0 Å². The maximum absolute atomic E-state index is 12.1. The lowest BCUT2D eigenvalue weighted by Crippen LogP contribution is -2.39. The van der Waals surface area contributed by atoms with Crippen LogP contribution < -0.4 is 11.5 Å². The average molecular weight is 250 g/mol. The van der Waals surface area contributed by atoms with Gasteiger partial charge in [-0.25, -0.2) is 0 Å². The Balaban J connectivity index is 1.90. The molecule has 0 bridgehead atoms. The number of nitrogen functional groups attached to an aromatic ring is 1. The van der Waals surface area contributed by atoms with Crippen LogP contribution in [0.2, 0.25) is 0 Å². The van der Waals surface area contributed by atoms with Gasteiger partial charge in [0.2, 0.25) is 5.91 Å². The van der Waals surface area contributed by atoms with E-state index >= 15 is 0 Å². The second-order valence-corrected chi connectivity index (χ2v) is 4.75. The van der Waals surface area contributed by atoms with Crippen molar-refractivity contribution in [2.75, 3.05) is 18.8 Å². The first-order valence-corrected chi connectivity index (χ1v) is 6.07. The maximum Gasteiger partial charge on any atom is 0.270 e. The predicted molar refractivity (Wildman–Crippen MR) is 67.6 cm³/mol. The van der Waals surface area contributed by atoms with Crippen molar-refractivity contribution < 1.29 is 9.59 Å². The minimum atomic E-state index is -0.267. The molecule has 0 spiro atoms. The largest absolute Gasteiger partial charge is 0.397 e. The van der Waals surface area contributed by atoms with Gasteiger partial charge in [-0.15, -0.1) is 0 Å². The molecule has 2 heterocycles. The summed E-state index contributed by atoms with van der Waals surface area (Å²) in [6.07, 6.45) is 3.67. The quantitative estimate of drug-likeness (QED) is 0.719. The molecule has 1 saturated heterocycles.